The Morgan fingerprint density at radius 2 is 2.00 bits per heavy atom. The van der Waals surface area contributed by atoms with E-state index in [0.29, 0.717) is 0 Å². The average Bonchev–Trinajstić information content (AvgIpc) is 1.77. The second-order valence-corrected chi connectivity index (χ2v) is 3.14. The zero-order valence-corrected chi connectivity index (χ0v) is 6.08. The van der Waals surface area contributed by atoms with Gasteiger partial charge in [0.05, 0.1) is 5.71 Å². The van der Waals surface area contributed by atoms with Crippen LogP contribution in [-0.4, -0.2) is 10.0 Å². The Morgan fingerprint density at radius 1 is 1.33 bits per heavy atom. The molecule has 0 aromatic carbocycles. The number of rotatable bonds is 0. The van der Waals surface area contributed by atoms with Crippen LogP contribution in [0.1, 0.15) is 0 Å². The van der Waals surface area contributed by atoms with Crippen molar-refractivity contribution in [2.75, 3.05) is 0 Å². The zero-order valence-electron chi connectivity index (χ0n) is 4.57. The normalized spacial score (nSPS) is 22.7. The lowest BCUT2D eigenvalue weighted by molar-refractivity contribution is 1.28. The summed E-state index contributed by atoms with van der Waals surface area (Å²) >= 11 is 11.3. The molecule has 0 spiro atoms. The molecule has 0 heterocycles. The third-order valence-corrected chi connectivity index (χ3v) is 1.70. The lowest BCUT2D eigenvalue weighted by Gasteiger charge is -2.15. The number of hydrogen-bond acceptors (Lipinski definition) is 1. The Labute approximate surface area is 63.5 Å². The van der Waals surface area contributed by atoms with Gasteiger partial charge >= 0.3 is 0 Å². The van der Waals surface area contributed by atoms with Gasteiger partial charge in [-0.3, -0.25) is 0 Å². The first-order valence-corrected chi connectivity index (χ1v) is 3.21. The highest BCUT2D eigenvalue weighted by Crippen LogP contribution is 2.26. The average molecular weight is 162 g/mol. The number of allylic oxidation sites excluding steroid dienone is 4. The van der Waals surface area contributed by atoms with E-state index in [1.54, 1.807) is 24.3 Å². The van der Waals surface area contributed by atoms with E-state index in [4.69, 9.17) is 28.6 Å². The van der Waals surface area contributed by atoms with Gasteiger partial charge in [0.1, 0.15) is 0 Å². The summed E-state index contributed by atoms with van der Waals surface area (Å²) in [6, 6.07) is 0. The molecule has 48 valence electrons. The highest BCUT2D eigenvalue weighted by molar-refractivity contribution is 6.61. The standard InChI is InChI=1S/C6H5Cl2N/c7-6(8)4-2-1-3-5(6)9/h1-4,9H. The minimum Gasteiger partial charge on any atom is -0.302 e. The van der Waals surface area contributed by atoms with E-state index in [9.17, 15) is 0 Å². The summed E-state index contributed by atoms with van der Waals surface area (Å²) in [4.78, 5) is 0. The molecule has 0 fully saturated rings. The molecule has 1 nitrogen and oxygen atoms in total. The monoisotopic (exact) mass is 161 g/mol. The molecule has 0 unspecified atom stereocenters. The molecule has 3 heteroatoms. The summed E-state index contributed by atoms with van der Waals surface area (Å²) in [5.41, 5.74) is 0.216. The molecule has 0 aliphatic heterocycles. The lowest BCUT2D eigenvalue weighted by Crippen LogP contribution is -2.21. The van der Waals surface area contributed by atoms with Crippen LogP contribution >= 0.6 is 23.2 Å². The minimum atomic E-state index is -1.10. The van der Waals surface area contributed by atoms with Crippen molar-refractivity contribution in [3.8, 4) is 0 Å². The maximum Gasteiger partial charge on any atom is 0.177 e. The third kappa shape index (κ3) is 1.35. The number of hydrogen-bond donors (Lipinski definition) is 1. The molecule has 0 saturated carbocycles. The van der Waals surface area contributed by atoms with Crippen molar-refractivity contribution in [1.29, 1.82) is 5.41 Å². The Hall–Kier alpha value is -0.270. The van der Waals surface area contributed by atoms with Gasteiger partial charge in [-0.05, 0) is 12.2 Å². The van der Waals surface area contributed by atoms with Crippen molar-refractivity contribution in [2.45, 2.75) is 4.33 Å². The van der Waals surface area contributed by atoms with Gasteiger partial charge in [0.15, 0.2) is 4.33 Å². The van der Waals surface area contributed by atoms with Gasteiger partial charge in [-0.25, -0.2) is 0 Å². The Bertz CT molecular complexity index is 191. The van der Waals surface area contributed by atoms with Gasteiger partial charge in [-0.15, -0.1) is 0 Å². The van der Waals surface area contributed by atoms with Gasteiger partial charge in [0, 0.05) is 0 Å². The molecule has 1 rings (SSSR count). The predicted octanol–water partition coefficient (Wildman–Crippen LogP) is 2.31. The number of halogens is 2. The molecule has 1 N–H and O–H groups in total. The van der Waals surface area contributed by atoms with Gasteiger partial charge < -0.3 is 5.41 Å². The SMILES string of the molecule is N=C1C=CC=CC1(Cl)Cl. The van der Waals surface area contributed by atoms with Crippen molar-refractivity contribution < 1.29 is 0 Å². The first kappa shape index (κ1) is 6.84. The molecular formula is C6H5Cl2N. The van der Waals surface area contributed by atoms with Crippen molar-refractivity contribution in [1.82, 2.24) is 0 Å². The van der Waals surface area contributed by atoms with Crippen LogP contribution in [0.4, 0.5) is 0 Å². The lowest BCUT2D eigenvalue weighted by atomic mass is 10.1. The van der Waals surface area contributed by atoms with Crippen LogP contribution in [-0.2, 0) is 0 Å². The summed E-state index contributed by atoms with van der Waals surface area (Å²) in [6.07, 6.45) is 6.59. The van der Waals surface area contributed by atoms with E-state index in [0.717, 1.165) is 0 Å². The van der Waals surface area contributed by atoms with E-state index < -0.39 is 4.33 Å². The Morgan fingerprint density at radius 3 is 2.33 bits per heavy atom. The first-order valence-electron chi connectivity index (χ1n) is 2.46. The topological polar surface area (TPSA) is 23.9 Å². The zero-order chi connectivity index (χ0) is 6.91. The molecule has 1 aliphatic rings. The number of nitrogens with one attached hydrogen (secondary N) is 1. The van der Waals surface area contributed by atoms with E-state index >= 15 is 0 Å². The summed E-state index contributed by atoms with van der Waals surface area (Å²) in [5.74, 6) is 0. The van der Waals surface area contributed by atoms with E-state index in [-0.39, 0.29) is 5.71 Å². The fraction of sp³-hybridized carbons (Fsp3) is 0.167. The maximum absolute atomic E-state index is 7.19. The van der Waals surface area contributed by atoms with Gasteiger partial charge in [-0.1, -0.05) is 35.4 Å². The minimum absolute atomic E-state index is 0.216. The molecule has 0 atom stereocenters. The quantitative estimate of drug-likeness (QED) is 0.528. The molecule has 0 aromatic heterocycles. The largest absolute Gasteiger partial charge is 0.302 e. The Balaban J connectivity index is 2.91. The summed E-state index contributed by atoms with van der Waals surface area (Å²) in [6.45, 7) is 0. The van der Waals surface area contributed by atoms with Crippen molar-refractivity contribution in [3.05, 3.63) is 24.3 Å². The fourth-order valence-corrected chi connectivity index (χ4v) is 0.801. The van der Waals surface area contributed by atoms with Crippen LogP contribution < -0.4 is 0 Å². The summed E-state index contributed by atoms with van der Waals surface area (Å²) in [7, 11) is 0. The molecule has 0 aromatic rings. The summed E-state index contributed by atoms with van der Waals surface area (Å²) in [5, 5.41) is 7.19. The molecule has 9 heavy (non-hydrogen) atoms. The third-order valence-electron chi connectivity index (χ3n) is 1.04. The summed E-state index contributed by atoms with van der Waals surface area (Å²) < 4.78 is -1.10. The van der Waals surface area contributed by atoms with Gasteiger partial charge in [0.25, 0.3) is 0 Å². The van der Waals surface area contributed by atoms with Crippen molar-refractivity contribution in [3.63, 3.8) is 0 Å². The van der Waals surface area contributed by atoms with Crippen molar-refractivity contribution >= 4 is 28.9 Å². The van der Waals surface area contributed by atoms with Crippen LogP contribution in [0.2, 0.25) is 0 Å². The highest BCUT2D eigenvalue weighted by Gasteiger charge is 2.25. The first-order chi connectivity index (χ1) is 4.13. The number of alkyl halides is 2. The van der Waals surface area contributed by atoms with Crippen LogP contribution in [0.15, 0.2) is 24.3 Å². The highest BCUT2D eigenvalue weighted by atomic mass is 35.5. The smallest absolute Gasteiger partial charge is 0.177 e. The molecular weight excluding hydrogens is 157 g/mol. The van der Waals surface area contributed by atoms with Crippen molar-refractivity contribution in [2.24, 2.45) is 0 Å². The maximum atomic E-state index is 7.19. The second kappa shape index (κ2) is 2.16. The molecule has 0 saturated heterocycles. The predicted molar refractivity (Wildman–Crippen MR) is 40.4 cm³/mol. The molecule has 0 radical (unpaired) electrons. The Kier molecular flexibility index (Phi) is 1.64. The fourth-order valence-electron chi connectivity index (χ4n) is 0.529. The van der Waals surface area contributed by atoms with Crippen LogP contribution in [0, 0.1) is 5.41 Å². The molecule has 0 amide bonds. The van der Waals surface area contributed by atoms with Crippen LogP contribution in [0.25, 0.3) is 0 Å². The van der Waals surface area contributed by atoms with E-state index in [1.807, 2.05) is 0 Å². The molecule has 0 bridgehead atoms. The van der Waals surface area contributed by atoms with E-state index in [1.165, 1.54) is 0 Å². The molecule has 1 aliphatic carbocycles. The van der Waals surface area contributed by atoms with Gasteiger partial charge in [0.2, 0.25) is 0 Å². The second-order valence-electron chi connectivity index (χ2n) is 1.75. The van der Waals surface area contributed by atoms with Crippen LogP contribution in [0.5, 0.6) is 0 Å². The van der Waals surface area contributed by atoms with Gasteiger partial charge in [-0.2, -0.15) is 0 Å². The van der Waals surface area contributed by atoms with Crippen LogP contribution in [0.3, 0.4) is 0 Å². The van der Waals surface area contributed by atoms with E-state index in [2.05, 4.69) is 0 Å².